The molecule has 0 bridgehead atoms. The van der Waals surface area contributed by atoms with E-state index >= 15 is 0 Å². The normalized spacial score (nSPS) is 20.8. The number of nitrogens with one attached hydrogen (secondary N) is 1. The van der Waals surface area contributed by atoms with Crippen LogP contribution < -0.4 is 5.32 Å². The lowest BCUT2D eigenvalue weighted by Crippen LogP contribution is -2.60. The van der Waals surface area contributed by atoms with Crippen molar-refractivity contribution < 1.29 is 39.8 Å². The van der Waals surface area contributed by atoms with E-state index in [0.717, 1.165) is 38.5 Å². The molecule has 6 N–H and O–H groups in total. The van der Waals surface area contributed by atoms with Crippen molar-refractivity contribution in [1.29, 1.82) is 0 Å². The molecule has 0 saturated carbocycles. The van der Waals surface area contributed by atoms with Crippen molar-refractivity contribution in [2.45, 2.75) is 281 Å². The van der Waals surface area contributed by atoms with E-state index in [1.54, 1.807) is 6.08 Å². The lowest BCUT2D eigenvalue weighted by Gasteiger charge is -2.40. The van der Waals surface area contributed by atoms with Crippen LogP contribution in [0, 0.1) is 0 Å². The highest BCUT2D eigenvalue weighted by atomic mass is 16.7. The van der Waals surface area contributed by atoms with Crippen LogP contribution in [0.4, 0.5) is 0 Å². The number of unbranched alkanes of at least 4 members (excludes halogenated alkanes) is 32. The topological polar surface area (TPSA) is 149 Å². The van der Waals surface area contributed by atoms with Gasteiger partial charge in [0.15, 0.2) is 6.29 Å². The van der Waals surface area contributed by atoms with Crippen molar-refractivity contribution in [3.05, 3.63) is 12.2 Å². The molecular weight excluding hydrogens is 731 g/mol. The first-order chi connectivity index (χ1) is 28.3. The minimum Gasteiger partial charge on any atom is -0.394 e. The third-order valence-electron chi connectivity index (χ3n) is 12.1. The van der Waals surface area contributed by atoms with Crippen LogP contribution >= 0.6 is 0 Å². The van der Waals surface area contributed by atoms with Crippen molar-refractivity contribution >= 4 is 5.91 Å². The summed E-state index contributed by atoms with van der Waals surface area (Å²) in [6.07, 6.45) is 39.9. The number of allylic oxidation sites excluding steroid dienone is 1. The van der Waals surface area contributed by atoms with E-state index in [-0.39, 0.29) is 12.5 Å². The van der Waals surface area contributed by atoms with Gasteiger partial charge in [0.2, 0.25) is 5.91 Å². The number of amides is 1. The van der Waals surface area contributed by atoms with Crippen LogP contribution in [0.3, 0.4) is 0 Å². The molecule has 1 heterocycles. The van der Waals surface area contributed by atoms with Gasteiger partial charge in [-0.1, -0.05) is 225 Å². The lowest BCUT2D eigenvalue weighted by atomic mass is 9.99. The van der Waals surface area contributed by atoms with E-state index in [9.17, 15) is 30.3 Å². The van der Waals surface area contributed by atoms with Gasteiger partial charge in [-0.3, -0.25) is 4.79 Å². The summed E-state index contributed by atoms with van der Waals surface area (Å²) >= 11 is 0. The Bertz CT molecular complexity index is 919. The summed E-state index contributed by atoms with van der Waals surface area (Å²) in [6.45, 7) is 3.78. The maximum Gasteiger partial charge on any atom is 0.220 e. The van der Waals surface area contributed by atoms with Crippen LogP contribution in [0.1, 0.15) is 239 Å². The Morgan fingerprint density at radius 2 is 0.948 bits per heavy atom. The molecule has 344 valence electrons. The maximum absolute atomic E-state index is 13.0. The molecule has 7 atom stereocenters. The third kappa shape index (κ3) is 30.0. The summed E-state index contributed by atoms with van der Waals surface area (Å²) in [7, 11) is 0. The second-order valence-electron chi connectivity index (χ2n) is 17.6. The zero-order valence-corrected chi connectivity index (χ0v) is 37.8. The van der Waals surface area contributed by atoms with Gasteiger partial charge in [0.1, 0.15) is 24.4 Å². The zero-order chi connectivity index (χ0) is 42.3. The Labute approximate surface area is 356 Å². The standard InChI is InChI=1S/C49H95NO8/c1-3-5-7-9-11-13-15-16-17-18-19-20-21-22-23-24-25-26-27-29-31-33-35-37-39-45(53)50-42(41-57-49-48(56)47(55)46(54)44(40-51)58-49)43(52)38-36-34-32-30-28-14-12-10-8-6-4-2/h36,38,42-44,46-49,51-52,54-56H,3-35,37,39-41H2,1-2H3,(H,50,53)/b38-36+/t42-,43+,44+,46-,47?,48?,49+/m0/s1. The monoisotopic (exact) mass is 826 g/mol. The quantitative estimate of drug-likeness (QED) is 0.0263. The van der Waals surface area contributed by atoms with E-state index in [1.807, 2.05) is 6.08 Å². The first-order valence-corrected chi connectivity index (χ1v) is 24.9. The highest BCUT2D eigenvalue weighted by molar-refractivity contribution is 5.76. The van der Waals surface area contributed by atoms with Crippen LogP contribution in [0.15, 0.2) is 12.2 Å². The molecule has 1 fully saturated rings. The second-order valence-corrected chi connectivity index (χ2v) is 17.6. The predicted molar refractivity (Wildman–Crippen MR) is 240 cm³/mol. The molecule has 0 spiro atoms. The largest absolute Gasteiger partial charge is 0.394 e. The number of carbonyl (C=O) groups excluding carboxylic acids is 1. The highest BCUT2D eigenvalue weighted by Gasteiger charge is 2.44. The van der Waals surface area contributed by atoms with Gasteiger partial charge >= 0.3 is 0 Å². The van der Waals surface area contributed by atoms with Gasteiger partial charge in [0, 0.05) is 6.42 Å². The molecule has 2 unspecified atom stereocenters. The van der Waals surface area contributed by atoms with E-state index in [4.69, 9.17) is 9.47 Å². The van der Waals surface area contributed by atoms with Crippen molar-refractivity contribution in [3.8, 4) is 0 Å². The van der Waals surface area contributed by atoms with Gasteiger partial charge in [0.05, 0.1) is 25.4 Å². The van der Waals surface area contributed by atoms with Crippen LogP contribution in [0.25, 0.3) is 0 Å². The first-order valence-electron chi connectivity index (χ1n) is 24.9. The number of aliphatic hydroxyl groups is 5. The fourth-order valence-corrected chi connectivity index (χ4v) is 8.10. The Morgan fingerprint density at radius 1 is 0.569 bits per heavy atom. The van der Waals surface area contributed by atoms with Gasteiger partial charge in [-0.05, 0) is 19.3 Å². The molecule has 9 heteroatoms. The Kier molecular flexibility index (Phi) is 37.9. The lowest BCUT2D eigenvalue weighted by molar-refractivity contribution is -0.302. The van der Waals surface area contributed by atoms with Crippen LogP contribution in [-0.4, -0.2) is 87.5 Å². The molecule has 0 aromatic heterocycles. The van der Waals surface area contributed by atoms with Gasteiger partial charge < -0.3 is 40.3 Å². The van der Waals surface area contributed by atoms with Gasteiger partial charge in [0.25, 0.3) is 0 Å². The SMILES string of the molecule is CCCCCCCCCCC/C=C/[C@@H](O)[C@H](CO[C@@H]1O[C@H](CO)[C@H](O)C(O)C1O)NC(=O)CCCCCCCCCCCCCCCCCCCCCCCCCC. The van der Waals surface area contributed by atoms with E-state index < -0.39 is 49.5 Å². The molecule has 1 saturated heterocycles. The summed E-state index contributed by atoms with van der Waals surface area (Å²) in [5, 5.41) is 54.2. The van der Waals surface area contributed by atoms with Crippen LogP contribution in [-0.2, 0) is 14.3 Å². The number of aliphatic hydroxyl groups excluding tert-OH is 5. The van der Waals surface area contributed by atoms with Gasteiger partial charge in [-0.2, -0.15) is 0 Å². The molecular formula is C49H95NO8. The maximum atomic E-state index is 13.0. The van der Waals surface area contributed by atoms with Crippen molar-refractivity contribution in [2.75, 3.05) is 13.2 Å². The number of hydrogen-bond donors (Lipinski definition) is 6. The van der Waals surface area contributed by atoms with Crippen molar-refractivity contribution in [2.24, 2.45) is 0 Å². The Morgan fingerprint density at radius 3 is 1.34 bits per heavy atom. The first kappa shape index (κ1) is 54.9. The third-order valence-corrected chi connectivity index (χ3v) is 12.1. The molecule has 0 aromatic carbocycles. The van der Waals surface area contributed by atoms with E-state index in [1.165, 1.54) is 180 Å². The zero-order valence-electron chi connectivity index (χ0n) is 37.8. The van der Waals surface area contributed by atoms with Crippen LogP contribution in [0.5, 0.6) is 0 Å². The smallest absolute Gasteiger partial charge is 0.220 e. The number of carbonyl (C=O) groups is 1. The average Bonchev–Trinajstić information content (AvgIpc) is 3.22. The molecule has 1 amide bonds. The van der Waals surface area contributed by atoms with Gasteiger partial charge in [-0.25, -0.2) is 0 Å². The molecule has 1 aliphatic heterocycles. The Hall–Kier alpha value is -1.07. The Balaban J connectivity index is 2.21. The predicted octanol–water partition coefficient (Wildman–Crippen LogP) is 10.9. The summed E-state index contributed by atoms with van der Waals surface area (Å²) in [6, 6.07) is -0.798. The molecule has 0 aliphatic carbocycles. The molecule has 0 aromatic rings. The summed E-state index contributed by atoms with van der Waals surface area (Å²) in [5.41, 5.74) is 0. The highest BCUT2D eigenvalue weighted by Crippen LogP contribution is 2.23. The van der Waals surface area contributed by atoms with Crippen LogP contribution in [0.2, 0.25) is 0 Å². The van der Waals surface area contributed by atoms with E-state index in [0.29, 0.717) is 6.42 Å². The minimum absolute atomic E-state index is 0.174. The molecule has 0 radical (unpaired) electrons. The second kappa shape index (κ2) is 40.0. The molecule has 9 nitrogen and oxygen atoms in total. The van der Waals surface area contributed by atoms with Crippen molar-refractivity contribution in [3.63, 3.8) is 0 Å². The summed E-state index contributed by atoms with van der Waals surface area (Å²) in [5.74, 6) is -0.174. The van der Waals surface area contributed by atoms with E-state index in [2.05, 4.69) is 19.2 Å². The average molecular weight is 826 g/mol. The number of hydrogen-bond acceptors (Lipinski definition) is 8. The van der Waals surface area contributed by atoms with Gasteiger partial charge in [-0.15, -0.1) is 0 Å². The van der Waals surface area contributed by atoms with Crippen molar-refractivity contribution in [1.82, 2.24) is 5.32 Å². The fourth-order valence-electron chi connectivity index (χ4n) is 8.10. The number of rotatable bonds is 42. The summed E-state index contributed by atoms with van der Waals surface area (Å²) < 4.78 is 11.2. The molecule has 1 aliphatic rings. The minimum atomic E-state index is -1.56. The summed E-state index contributed by atoms with van der Waals surface area (Å²) in [4.78, 5) is 13.0. The molecule has 58 heavy (non-hydrogen) atoms. The number of ether oxygens (including phenoxy) is 2. The fraction of sp³-hybridized carbons (Fsp3) is 0.939. The molecule has 1 rings (SSSR count).